The second kappa shape index (κ2) is 8.56. The summed E-state index contributed by atoms with van der Waals surface area (Å²) in [5.74, 6) is -0.573. The third-order valence-corrected chi connectivity index (χ3v) is 3.42. The van der Waals surface area contributed by atoms with E-state index in [0.29, 0.717) is 18.2 Å². The van der Waals surface area contributed by atoms with E-state index in [4.69, 9.17) is 11.6 Å². The molecule has 0 fully saturated rings. The number of nitrogens with one attached hydrogen (secondary N) is 2. The number of carbonyl (C=O) groups is 1. The highest BCUT2D eigenvalue weighted by Crippen LogP contribution is 2.19. The highest BCUT2D eigenvalue weighted by Gasteiger charge is 2.10. The van der Waals surface area contributed by atoms with Crippen LogP contribution in [0.1, 0.15) is 16.9 Å². The molecule has 128 valence electrons. The van der Waals surface area contributed by atoms with Crippen LogP contribution in [-0.4, -0.2) is 48.0 Å². The quantitative estimate of drug-likeness (QED) is 0.751. The Morgan fingerprint density at radius 2 is 2.12 bits per heavy atom. The van der Waals surface area contributed by atoms with Crippen LogP contribution in [0.4, 0.5) is 16.0 Å². The molecule has 0 saturated carbocycles. The van der Waals surface area contributed by atoms with Crippen molar-refractivity contribution in [3.8, 4) is 0 Å². The van der Waals surface area contributed by atoms with Crippen LogP contribution in [0.25, 0.3) is 0 Å². The molecule has 2 aromatic rings. The number of aromatic nitrogens is 2. The number of nitrogens with zero attached hydrogens (tertiary/aromatic N) is 3. The van der Waals surface area contributed by atoms with Crippen LogP contribution >= 0.6 is 11.6 Å². The molecule has 0 atom stereocenters. The largest absolute Gasteiger partial charge is 0.354 e. The number of carbonyl (C=O) groups excluding carboxylic acids is 1. The topological polar surface area (TPSA) is 70.2 Å². The molecule has 1 amide bonds. The number of hydrogen-bond acceptors (Lipinski definition) is 5. The van der Waals surface area contributed by atoms with Crippen LogP contribution in [-0.2, 0) is 0 Å². The predicted octanol–water partition coefficient (Wildman–Crippen LogP) is 2.89. The summed E-state index contributed by atoms with van der Waals surface area (Å²) >= 11 is 5.70. The highest BCUT2D eigenvalue weighted by molar-refractivity contribution is 6.31. The maximum atomic E-state index is 13.1. The first-order valence-electron chi connectivity index (χ1n) is 7.44. The lowest BCUT2D eigenvalue weighted by Crippen LogP contribution is -2.18. The fourth-order valence-corrected chi connectivity index (χ4v) is 2.12. The fraction of sp³-hybridized carbons (Fsp3) is 0.312. The van der Waals surface area contributed by atoms with E-state index in [-0.39, 0.29) is 10.7 Å². The molecule has 6 nitrogen and oxygen atoms in total. The average molecular weight is 352 g/mol. The smallest absolute Gasteiger partial charge is 0.274 e. The Labute approximate surface area is 145 Å². The van der Waals surface area contributed by atoms with Gasteiger partial charge in [0.05, 0.1) is 5.02 Å². The first-order chi connectivity index (χ1) is 11.5. The van der Waals surface area contributed by atoms with Gasteiger partial charge >= 0.3 is 0 Å². The number of anilines is 2. The minimum absolute atomic E-state index is 0.0567. The Morgan fingerprint density at radius 1 is 1.33 bits per heavy atom. The Morgan fingerprint density at radius 3 is 2.83 bits per heavy atom. The third kappa shape index (κ3) is 5.43. The molecule has 0 aliphatic carbocycles. The molecule has 0 radical (unpaired) electrons. The Hall–Kier alpha value is -2.25. The van der Waals surface area contributed by atoms with Crippen molar-refractivity contribution >= 4 is 29.1 Å². The minimum atomic E-state index is -0.541. The van der Waals surface area contributed by atoms with E-state index in [2.05, 4.69) is 25.5 Å². The van der Waals surface area contributed by atoms with E-state index in [1.807, 2.05) is 14.1 Å². The summed E-state index contributed by atoms with van der Waals surface area (Å²) < 4.78 is 13.1. The molecule has 0 aliphatic rings. The van der Waals surface area contributed by atoms with Crippen LogP contribution in [0.3, 0.4) is 0 Å². The van der Waals surface area contributed by atoms with Gasteiger partial charge in [-0.25, -0.2) is 14.4 Å². The zero-order chi connectivity index (χ0) is 17.5. The number of hydrogen-bond donors (Lipinski definition) is 2. The van der Waals surface area contributed by atoms with Gasteiger partial charge in [-0.3, -0.25) is 4.79 Å². The molecule has 1 aromatic heterocycles. The number of rotatable bonds is 7. The van der Waals surface area contributed by atoms with Gasteiger partial charge in [0.15, 0.2) is 0 Å². The predicted molar refractivity (Wildman–Crippen MR) is 93.1 cm³/mol. The summed E-state index contributed by atoms with van der Waals surface area (Å²) in [4.78, 5) is 22.5. The summed E-state index contributed by atoms with van der Waals surface area (Å²) in [6.45, 7) is 1.65. The van der Waals surface area contributed by atoms with Crippen LogP contribution in [0.15, 0.2) is 30.5 Å². The lowest BCUT2D eigenvalue weighted by atomic mass is 10.3. The summed E-state index contributed by atoms with van der Waals surface area (Å²) in [6.07, 6.45) is 2.44. The zero-order valence-electron chi connectivity index (χ0n) is 13.5. The molecule has 24 heavy (non-hydrogen) atoms. The zero-order valence-corrected chi connectivity index (χ0v) is 14.3. The van der Waals surface area contributed by atoms with Crippen molar-refractivity contribution in [2.45, 2.75) is 6.42 Å². The molecule has 0 bridgehead atoms. The molecule has 1 heterocycles. The van der Waals surface area contributed by atoms with Crippen molar-refractivity contribution < 1.29 is 9.18 Å². The van der Waals surface area contributed by atoms with Crippen LogP contribution in [0.2, 0.25) is 5.02 Å². The second-order valence-electron chi connectivity index (χ2n) is 5.43. The fourth-order valence-electron chi connectivity index (χ4n) is 1.93. The summed E-state index contributed by atoms with van der Waals surface area (Å²) in [5, 5.41) is 5.64. The number of benzene rings is 1. The summed E-state index contributed by atoms with van der Waals surface area (Å²) in [5.41, 5.74) is 0.603. The summed E-state index contributed by atoms with van der Waals surface area (Å²) in [6, 6.07) is 5.47. The first-order valence-corrected chi connectivity index (χ1v) is 7.81. The standard InChI is InChI=1S/C16H19ClFN5O/c1-23(2)9-3-7-19-16-20-8-6-14(22-16)15(24)21-11-4-5-13(18)12(17)10-11/h4-6,8,10H,3,7,9H2,1-2H3,(H,21,24)(H,19,20,22). The van der Waals surface area contributed by atoms with E-state index in [0.717, 1.165) is 13.0 Å². The molecule has 0 aliphatic heterocycles. The van der Waals surface area contributed by atoms with Gasteiger partial charge in [0.1, 0.15) is 11.5 Å². The number of halogens is 2. The van der Waals surface area contributed by atoms with Crippen molar-refractivity contribution in [2.24, 2.45) is 0 Å². The lowest BCUT2D eigenvalue weighted by molar-refractivity contribution is 0.102. The van der Waals surface area contributed by atoms with E-state index in [1.54, 1.807) is 0 Å². The first kappa shape index (κ1) is 18.1. The monoisotopic (exact) mass is 351 g/mol. The number of amides is 1. The average Bonchev–Trinajstić information content (AvgIpc) is 2.55. The maximum Gasteiger partial charge on any atom is 0.274 e. The van der Waals surface area contributed by atoms with E-state index < -0.39 is 11.7 Å². The Bertz CT molecular complexity index is 711. The van der Waals surface area contributed by atoms with Crippen LogP contribution in [0, 0.1) is 5.82 Å². The second-order valence-corrected chi connectivity index (χ2v) is 5.84. The Balaban J connectivity index is 1.96. The summed E-state index contributed by atoms with van der Waals surface area (Å²) in [7, 11) is 4.01. The normalized spacial score (nSPS) is 10.7. The van der Waals surface area contributed by atoms with Gasteiger partial charge in [0.25, 0.3) is 5.91 Å². The van der Waals surface area contributed by atoms with Crippen LogP contribution < -0.4 is 10.6 Å². The molecule has 0 spiro atoms. The molecule has 0 unspecified atom stereocenters. The van der Waals surface area contributed by atoms with Crippen LogP contribution in [0.5, 0.6) is 0 Å². The highest BCUT2D eigenvalue weighted by atomic mass is 35.5. The third-order valence-electron chi connectivity index (χ3n) is 3.13. The van der Waals surface area contributed by atoms with Crippen molar-refractivity contribution in [3.63, 3.8) is 0 Å². The van der Waals surface area contributed by atoms with E-state index in [1.165, 1.54) is 30.5 Å². The lowest BCUT2D eigenvalue weighted by Gasteiger charge is -2.10. The van der Waals surface area contributed by atoms with E-state index in [9.17, 15) is 9.18 Å². The molecular formula is C16H19ClFN5O. The van der Waals surface area contributed by atoms with Crippen molar-refractivity contribution in [1.82, 2.24) is 14.9 Å². The van der Waals surface area contributed by atoms with E-state index >= 15 is 0 Å². The van der Waals surface area contributed by atoms with Gasteiger partial charge in [0.2, 0.25) is 5.95 Å². The SMILES string of the molecule is CN(C)CCCNc1nccc(C(=O)Nc2ccc(F)c(Cl)c2)n1. The molecule has 2 N–H and O–H groups in total. The maximum absolute atomic E-state index is 13.1. The van der Waals surface area contributed by atoms with Crippen molar-refractivity contribution in [3.05, 3.63) is 47.0 Å². The van der Waals surface area contributed by atoms with Gasteiger partial charge in [0, 0.05) is 18.4 Å². The Kier molecular flexibility index (Phi) is 6.45. The molecular weight excluding hydrogens is 333 g/mol. The molecule has 2 rings (SSSR count). The van der Waals surface area contributed by atoms with Gasteiger partial charge < -0.3 is 15.5 Å². The minimum Gasteiger partial charge on any atom is -0.354 e. The molecule has 0 saturated heterocycles. The van der Waals surface area contributed by atoms with Gasteiger partial charge in [-0.2, -0.15) is 0 Å². The van der Waals surface area contributed by atoms with Crippen molar-refractivity contribution in [2.75, 3.05) is 37.8 Å². The molecule has 1 aromatic carbocycles. The van der Waals surface area contributed by atoms with Gasteiger partial charge in [-0.1, -0.05) is 11.6 Å². The van der Waals surface area contributed by atoms with Crippen molar-refractivity contribution in [1.29, 1.82) is 0 Å². The molecule has 8 heteroatoms. The van der Waals surface area contributed by atoms with Gasteiger partial charge in [-0.15, -0.1) is 0 Å². The van der Waals surface area contributed by atoms with Gasteiger partial charge in [-0.05, 0) is 51.3 Å².